The predicted octanol–water partition coefficient (Wildman–Crippen LogP) is 2.61. The fourth-order valence-electron chi connectivity index (χ4n) is 1.19. The van der Waals surface area contributed by atoms with Crippen LogP contribution in [-0.2, 0) is 0 Å². The molecule has 0 bridgehead atoms. The molecule has 0 atom stereocenters. The molecule has 90 valence electrons. The first-order valence-corrected chi connectivity index (χ1v) is 5.97. The number of hydrogen-bond donors (Lipinski definition) is 1. The van der Waals surface area contributed by atoms with Crippen LogP contribution in [0.3, 0.4) is 0 Å². The minimum absolute atomic E-state index is 0.116. The third kappa shape index (κ3) is 4.66. The van der Waals surface area contributed by atoms with Crippen LogP contribution >= 0.6 is 11.6 Å². The first-order chi connectivity index (χ1) is 7.61. The van der Waals surface area contributed by atoms with Crippen molar-refractivity contribution in [2.75, 3.05) is 17.7 Å². The van der Waals surface area contributed by atoms with Gasteiger partial charge in [0.15, 0.2) is 0 Å². The maximum absolute atomic E-state index is 5.59. The molecule has 0 fully saturated rings. The molecular weight excluding hydrogens is 226 g/mol. The van der Waals surface area contributed by atoms with Crippen molar-refractivity contribution in [3.63, 3.8) is 0 Å². The highest BCUT2D eigenvalue weighted by atomic mass is 35.5. The van der Waals surface area contributed by atoms with Crippen LogP contribution in [0.2, 0.25) is 0 Å². The van der Waals surface area contributed by atoms with Gasteiger partial charge >= 0.3 is 0 Å². The zero-order valence-corrected chi connectivity index (χ0v) is 10.7. The topological polar surface area (TPSA) is 47.0 Å². The van der Waals surface area contributed by atoms with E-state index >= 15 is 0 Å². The van der Waals surface area contributed by atoms with E-state index in [0.29, 0.717) is 17.7 Å². The van der Waals surface area contributed by atoms with Gasteiger partial charge < -0.3 is 10.1 Å². The van der Waals surface area contributed by atoms with E-state index in [1.54, 1.807) is 0 Å². The van der Waals surface area contributed by atoms with Gasteiger partial charge in [0.05, 0.1) is 6.10 Å². The third-order valence-corrected chi connectivity index (χ3v) is 2.05. The van der Waals surface area contributed by atoms with Gasteiger partial charge in [-0.3, -0.25) is 0 Å². The van der Waals surface area contributed by atoms with Crippen LogP contribution in [-0.4, -0.2) is 28.5 Å². The molecule has 0 amide bonds. The summed E-state index contributed by atoms with van der Waals surface area (Å²) in [6.45, 7) is 6.63. The van der Waals surface area contributed by atoms with E-state index in [1.807, 2.05) is 26.8 Å². The van der Waals surface area contributed by atoms with Crippen LogP contribution in [0.1, 0.15) is 26.0 Å². The monoisotopic (exact) mass is 243 g/mol. The maximum atomic E-state index is 5.59. The lowest BCUT2D eigenvalue weighted by atomic mass is 10.4. The molecule has 0 aromatic carbocycles. The van der Waals surface area contributed by atoms with Crippen LogP contribution in [0.5, 0.6) is 5.88 Å². The fourth-order valence-corrected chi connectivity index (χ4v) is 1.32. The molecule has 0 spiro atoms. The number of alkyl halides is 1. The Morgan fingerprint density at radius 2 is 2.19 bits per heavy atom. The van der Waals surface area contributed by atoms with Crippen molar-refractivity contribution in [1.29, 1.82) is 0 Å². The number of nitrogens with zero attached hydrogens (tertiary/aromatic N) is 2. The van der Waals surface area contributed by atoms with Crippen LogP contribution in [0.25, 0.3) is 0 Å². The van der Waals surface area contributed by atoms with Crippen molar-refractivity contribution in [3.05, 3.63) is 11.8 Å². The lowest BCUT2D eigenvalue weighted by molar-refractivity contribution is 0.232. The highest BCUT2D eigenvalue weighted by molar-refractivity contribution is 6.17. The SMILES string of the molecule is Cc1cc(OC(C)C)nc(NCCCCl)n1. The van der Waals surface area contributed by atoms with E-state index in [-0.39, 0.29) is 6.10 Å². The molecule has 1 heterocycles. The predicted molar refractivity (Wildman–Crippen MR) is 66.4 cm³/mol. The molecule has 0 aliphatic rings. The molecule has 16 heavy (non-hydrogen) atoms. The first kappa shape index (κ1) is 13.0. The summed E-state index contributed by atoms with van der Waals surface area (Å²) in [4.78, 5) is 8.53. The zero-order valence-electron chi connectivity index (χ0n) is 9.96. The molecule has 0 unspecified atom stereocenters. The van der Waals surface area contributed by atoms with Gasteiger partial charge in [-0.15, -0.1) is 11.6 Å². The molecule has 1 rings (SSSR count). The second-order valence-corrected chi connectivity index (χ2v) is 4.19. The van der Waals surface area contributed by atoms with E-state index in [2.05, 4.69) is 15.3 Å². The van der Waals surface area contributed by atoms with E-state index in [1.165, 1.54) is 0 Å². The number of nitrogens with one attached hydrogen (secondary N) is 1. The number of hydrogen-bond acceptors (Lipinski definition) is 4. The third-order valence-electron chi connectivity index (χ3n) is 1.78. The number of ether oxygens (including phenoxy) is 1. The Labute approximate surface area is 101 Å². The van der Waals surface area contributed by atoms with Crippen molar-refractivity contribution in [2.45, 2.75) is 33.3 Å². The standard InChI is InChI=1S/C11H18ClN3O/c1-8(2)16-10-7-9(3)14-11(15-10)13-6-4-5-12/h7-8H,4-6H2,1-3H3,(H,13,14,15). The molecular formula is C11H18ClN3O. The van der Waals surface area contributed by atoms with Gasteiger partial charge in [0.1, 0.15) is 0 Å². The highest BCUT2D eigenvalue weighted by Crippen LogP contribution is 2.13. The van der Waals surface area contributed by atoms with Crippen LogP contribution in [0.4, 0.5) is 5.95 Å². The van der Waals surface area contributed by atoms with Gasteiger partial charge in [0.25, 0.3) is 0 Å². The Balaban J connectivity index is 2.65. The molecule has 0 aliphatic carbocycles. The van der Waals surface area contributed by atoms with Crippen LogP contribution < -0.4 is 10.1 Å². The van der Waals surface area contributed by atoms with Gasteiger partial charge in [0.2, 0.25) is 11.8 Å². The molecule has 0 saturated carbocycles. The van der Waals surface area contributed by atoms with Gasteiger partial charge in [-0.1, -0.05) is 0 Å². The molecule has 1 aromatic rings. The number of rotatable bonds is 6. The minimum atomic E-state index is 0.116. The van der Waals surface area contributed by atoms with Crippen molar-refractivity contribution in [3.8, 4) is 5.88 Å². The second-order valence-electron chi connectivity index (χ2n) is 3.81. The minimum Gasteiger partial charge on any atom is -0.475 e. The van der Waals surface area contributed by atoms with E-state index in [9.17, 15) is 0 Å². The fraction of sp³-hybridized carbons (Fsp3) is 0.636. The Bertz CT molecular complexity index is 331. The van der Waals surface area contributed by atoms with Gasteiger partial charge in [-0.05, 0) is 27.2 Å². The molecule has 0 aliphatic heterocycles. The van der Waals surface area contributed by atoms with E-state index in [0.717, 1.165) is 18.7 Å². The van der Waals surface area contributed by atoms with Crippen molar-refractivity contribution >= 4 is 17.5 Å². The molecule has 0 radical (unpaired) electrons. The van der Waals surface area contributed by atoms with Crippen LogP contribution in [0.15, 0.2) is 6.07 Å². The van der Waals surface area contributed by atoms with E-state index in [4.69, 9.17) is 16.3 Å². The van der Waals surface area contributed by atoms with Gasteiger partial charge in [0, 0.05) is 24.2 Å². The maximum Gasteiger partial charge on any atom is 0.226 e. The summed E-state index contributed by atoms with van der Waals surface area (Å²) in [5.41, 5.74) is 0.888. The number of aromatic nitrogens is 2. The normalized spacial score (nSPS) is 10.6. The Kier molecular flexibility index (Phi) is 5.32. The number of anilines is 1. The first-order valence-electron chi connectivity index (χ1n) is 5.44. The number of halogens is 1. The summed E-state index contributed by atoms with van der Waals surface area (Å²) in [6.07, 6.45) is 1.00. The lowest BCUT2D eigenvalue weighted by Crippen LogP contribution is -2.11. The average Bonchev–Trinajstić information content (AvgIpc) is 2.16. The molecule has 1 N–H and O–H groups in total. The summed E-state index contributed by atoms with van der Waals surface area (Å²) < 4.78 is 5.52. The quantitative estimate of drug-likeness (QED) is 0.616. The molecule has 5 heteroatoms. The Morgan fingerprint density at radius 3 is 2.81 bits per heavy atom. The van der Waals surface area contributed by atoms with Gasteiger partial charge in [-0.25, -0.2) is 4.98 Å². The molecule has 0 saturated heterocycles. The second kappa shape index (κ2) is 6.53. The lowest BCUT2D eigenvalue weighted by Gasteiger charge is -2.11. The smallest absolute Gasteiger partial charge is 0.226 e. The summed E-state index contributed by atoms with van der Waals surface area (Å²) in [5.74, 6) is 1.84. The van der Waals surface area contributed by atoms with Crippen LogP contribution in [0, 0.1) is 6.92 Å². The summed E-state index contributed by atoms with van der Waals surface area (Å²) in [6, 6.07) is 1.83. The highest BCUT2D eigenvalue weighted by Gasteiger charge is 2.04. The molecule has 1 aromatic heterocycles. The Hall–Kier alpha value is -1.03. The average molecular weight is 244 g/mol. The van der Waals surface area contributed by atoms with Crippen molar-refractivity contribution < 1.29 is 4.74 Å². The number of aryl methyl sites for hydroxylation is 1. The summed E-state index contributed by atoms with van der Waals surface area (Å²) in [7, 11) is 0. The molecule has 4 nitrogen and oxygen atoms in total. The summed E-state index contributed by atoms with van der Waals surface area (Å²) in [5, 5.41) is 3.11. The van der Waals surface area contributed by atoms with Crippen molar-refractivity contribution in [2.24, 2.45) is 0 Å². The van der Waals surface area contributed by atoms with E-state index < -0.39 is 0 Å². The Morgan fingerprint density at radius 1 is 1.44 bits per heavy atom. The zero-order chi connectivity index (χ0) is 12.0. The van der Waals surface area contributed by atoms with Gasteiger partial charge in [-0.2, -0.15) is 4.98 Å². The largest absolute Gasteiger partial charge is 0.475 e. The summed E-state index contributed by atoms with van der Waals surface area (Å²) >= 11 is 5.59. The van der Waals surface area contributed by atoms with Crippen molar-refractivity contribution in [1.82, 2.24) is 9.97 Å².